The van der Waals surface area contributed by atoms with Crippen molar-refractivity contribution in [3.8, 4) is 142 Å². The SMILES string of the molecule is N#Cc1ccc(-c2ccc(-c3nc(-c4ccc(-n5c6ccc(-c7ccccc7)cc6c6cc(-c7ccccc7)ccc65)c(-c5cccc(C#N)c5)c4)nc(-c4ccc(-n5c6ccc(-c7ccccc7)cc6c6cc(-c7ccccc7)ccc65)c(-c5cccc(C#N)c5)c4)n3)cc2)cc1. The third kappa shape index (κ3) is 10.6. The highest BCUT2D eigenvalue weighted by molar-refractivity contribution is 6.14. The Morgan fingerprint density at radius 1 is 0.204 bits per heavy atom. The number of fused-ring (bicyclic) bond motifs is 6. The van der Waals surface area contributed by atoms with Crippen LogP contribution in [-0.2, 0) is 0 Å². The topological polar surface area (TPSA) is 120 Å². The molecule has 0 unspecified atom stereocenters. The summed E-state index contributed by atoms with van der Waals surface area (Å²) in [5.74, 6) is 1.34. The molecule has 98 heavy (non-hydrogen) atoms. The standard InChI is InChI=1S/C90H54N8/c91-55-58-27-29-65(30-28-58)66-31-33-67(34-32-66)88-94-89(74-39-45-82(76(53-74)72-25-13-15-59(47-72)56-92)97-84-41-35-68(61-17-5-1-6-18-61)49-78(84)79-50-69(36-42-85(79)97)62-19-7-2-8-20-62)96-90(95-88)75-40-46-83(77(54-75)73-26-14-16-60(48-73)57-93)98-86-43-37-70(63-21-9-3-10-22-63)51-80(86)81-52-71(38-44-87(81)98)64-23-11-4-12-24-64/h1-54H. The number of benzene rings is 14. The zero-order valence-electron chi connectivity index (χ0n) is 52.8. The Bertz CT molecular complexity index is 5590. The summed E-state index contributed by atoms with van der Waals surface area (Å²) in [6.07, 6.45) is 0. The van der Waals surface area contributed by atoms with Crippen molar-refractivity contribution in [2.45, 2.75) is 0 Å². The van der Waals surface area contributed by atoms with Crippen molar-refractivity contribution in [1.29, 1.82) is 15.8 Å². The zero-order chi connectivity index (χ0) is 65.6. The van der Waals surface area contributed by atoms with Gasteiger partial charge in [-0.2, -0.15) is 15.8 Å². The molecule has 454 valence electrons. The average molecular weight is 1250 g/mol. The molecule has 0 aliphatic rings. The Morgan fingerprint density at radius 2 is 0.480 bits per heavy atom. The molecule has 0 aliphatic heterocycles. The quantitative estimate of drug-likeness (QED) is 0.120. The molecule has 0 aliphatic carbocycles. The van der Waals surface area contributed by atoms with Gasteiger partial charge < -0.3 is 9.13 Å². The van der Waals surface area contributed by atoms with Crippen molar-refractivity contribution in [3.05, 3.63) is 344 Å². The number of nitrogens with zero attached hydrogens (tertiary/aromatic N) is 8. The molecule has 8 heteroatoms. The third-order valence-electron chi connectivity index (χ3n) is 18.7. The molecule has 0 fully saturated rings. The lowest BCUT2D eigenvalue weighted by Crippen LogP contribution is -2.03. The Labute approximate surface area is 566 Å². The van der Waals surface area contributed by atoms with Gasteiger partial charge in [-0.15, -0.1) is 0 Å². The van der Waals surface area contributed by atoms with E-state index in [2.05, 4.69) is 258 Å². The maximum Gasteiger partial charge on any atom is 0.164 e. The molecule has 17 rings (SSSR count). The number of aromatic nitrogens is 5. The summed E-state index contributed by atoms with van der Waals surface area (Å²) in [5, 5.41) is 35.0. The molecule has 14 aromatic carbocycles. The third-order valence-corrected chi connectivity index (χ3v) is 18.7. The first-order valence-electron chi connectivity index (χ1n) is 32.5. The van der Waals surface area contributed by atoms with E-state index in [4.69, 9.17) is 15.0 Å². The van der Waals surface area contributed by atoms with Crippen molar-refractivity contribution in [2.24, 2.45) is 0 Å². The highest BCUT2D eigenvalue weighted by atomic mass is 15.0. The van der Waals surface area contributed by atoms with Crippen LogP contribution in [0.15, 0.2) is 328 Å². The van der Waals surface area contributed by atoms with E-state index in [1.54, 1.807) is 0 Å². The monoisotopic (exact) mass is 1250 g/mol. The summed E-state index contributed by atoms with van der Waals surface area (Å²) in [6, 6.07) is 120. The lowest BCUT2D eigenvalue weighted by Gasteiger charge is -2.17. The van der Waals surface area contributed by atoms with Gasteiger partial charge in [-0.05, 0) is 188 Å². The van der Waals surface area contributed by atoms with Crippen LogP contribution in [-0.4, -0.2) is 24.1 Å². The highest BCUT2D eigenvalue weighted by Crippen LogP contribution is 2.44. The lowest BCUT2D eigenvalue weighted by atomic mass is 9.97. The van der Waals surface area contributed by atoms with Crippen LogP contribution in [0.4, 0.5) is 0 Å². The fraction of sp³-hybridized carbons (Fsp3) is 0. The molecular weight excluding hydrogens is 1190 g/mol. The molecule has 3 aromatic heterocycles. The van der Waals surface area contributed by atoms with E-state index in [1.165, 1.54) is 0 Å². The second-order valence-electron chi connectivity index (χ2n) is 24.5. The van der Waals surface area contributed by atoms with Crippen LogP contribution < -0.4 is 0 Å². The maximum atomic E-state index is 10.5. The molecule has 3 heterocycles. The zero-order valence-corrected chi connectivity index (χ0v) is 52.8. The first-order chi connectivity index (χ1) is 48.4. The van der Waals surface area contributed by atoms with E-state index in [0.717, 1.165) is 150 Å². The van der Waals surface area contributed by atoms with Gasteiger partial charge in [-0.25, -0.2) is 15.0 Å². The molecule has 0 amide bonds. The molecule has 0 spiro atoms. The number of hydrogen-bond donors (Lipinski definition) is 0. The molecule has 8 nitrogen and oxygen atoms in total. The minimum absolute atomic E-state index is 0.440. The minimum atomic E-state index is 0.440. The fourth-order valence-corrected chi connectivity index (χ4v) is 13.8. The first kappa shape index (κ1) is 58.0. The summed E-state index contributed by atoms with van der Waals surface area (Å²) in [4.78, 5) is 16.3. The molecule has 0 bridgehead atoms. The fourth-order valence-electron chi connectivity index (χ4n) is 13.8. The number of rotatable bonds is 12. The normalized spacial score (nSPS) is 11.2. The Balaban J connectivity index is 0.879. The van der Waals surface area contributed by atoms with Crippen LogP contribution in [0.25, 0.3) is 167 Å². The van der Waals surface area contributed by atoms with Gasteiger partial charge >= 0.3 is 0 Å². The van der Waals surface area contributed by atoms with Gasteiger partial charge in [-0.1, -0.05) is 206 Å². The van der Waals surface area contributed by atoms with E-state index >= 15 is 0 Å². The van der Waals surface area contributed by atoms with Crippen LogP contribution in [0.1, 0.15) is 16.7 Å². The maximum absolute atomic E-state index is 10.5. The summed E-state index contributed by atoms with van der Waals surface area (Å²) < 4.78 is 4.69. The van der Waals surface area contributed by atoms with Crippen LogP contribution >= 0.6 is 0 Å². The number of nitriles is 3. The minimum Gasteiger partial charge on any atom is -0.309 e. The number of hydrogen-bond acceptors (Lipinski definition) is 6. The molecule has 0 saturated heterocycles. The molecule has 0 radical (unpaired) electrons. The molecule has 0 saturated carbocycles. The summed E-state index contributed by atoms with van der Waals surface area (Å²) in [7, 11) is 0. The summed E-state index contributed by atoms with van der Waals surface area (Å²) >= 11 is 0. The van der Waals surface area contributed by atoms with Gasteiger partial charge in [0.05, 0.1) is 68.3 Å². The van der Waals surface area contributed by atoms with Crippen molar-refractivity contribution in [1.82, 2.24) is 24.1 Å². The van der Waals surface area contributed by atoms with Crippen molar-refractivity contribution in [2.75, 3.05) is 0 Å². The second kappa shape index (κ2) is 24.6. The molecule has 0 N–H and O–H groups in total. The van der Waals surface area contributed by atoms with Gasteiger partial charge in [0.2, 0.25) is 0 Å². The van der Waals surface area contributed by atoms with Gasteiger partial charge in [0.1, 0.15) is 0 Å². The highest BCUT2D eigenvalue weighted by Gasteiger charge is 2.24. The van der Waals surface area contributed by atoms with E-state index in [1.807, 2.05) is 97.1 Å². The molecule has 17 aromatic rings. The average Bonchev–Trinajstić information content (AvgIpc) is 1.57. The van der Waals surface area contributed by atoms with E-state index in [9.17, 15) is 15.8 Å². The van der Waals surface area contributed by atoms with Gasteiger partial charge in [-0.3, -0.25) is 0 Å². The van der Waals surface area contributed by atoms with Crippen molar-refractivity contribution >= 4 is 43.6 Å². The summed E-state index contributed by atoms with van der Waals surface area (Å²) in [6.45, 7) is 0. The van der Waals surface area contributed by atoms with E-state index in [-0.39, 0.29) is 0 Å². The van der Waals surface area contributed by atoms with Gasteiger partial charge in [0, 0.05) is 49.4 Å². The first-order valence-corrected chi connectivity index (χ1v) is 32.5. The Kier molecular flexibility index (Phi) is 14.5. The molecule has 0 atom stereocenters. The second-order valence-corrected chi connectivity index (χ2v) is 24.5. The largest absolute Gasteiger partial charge is 0.309 e. The Morgan fingerprint density at radius 3 is 0.816 bits per heavy atom. The van der Waals surface area contributed by atoms with Crippen LogP contribution in [0, 0.1) is 34.0 Å². The van der Waals surface area contributed by atoms with E-state index in [0.29, 0.717) is 34.2 Å². The van der Waals surface area contributed by atoms with E-state index < -0.39 is 0 Å². The van der Waals surface area contributed by atoms with Crippen LogP contribution in [0.5, 0.6) is 0 Å². The van der Waals surface area contributed by atoms with Gasteiger partial charge in [0.15, 0.2) is 17.5 Å². The van der Waals surface area contributed by atoms with Crippen LogP contribution in [0.2, 0.25) is 0 Å². The Hall–Kier alpha value is -13.8. The summed E-state index contributed by atoms with van der Waals surface area (Å²) in [5.41, 5.74) is 24.2. The van der Waals surface area contributed by atoms with Crippen molar-refractivity contribution < 1.29 is 0 Å². The van der Waals surface area contributed by atoms with Crippen LogP contribution in [0.3, 0.4) is 0 Å². The predicted octanol–water partition coefficient (Wildman–Crippen LogP) is 22.4. The predicted molar refractivity (Wildman–Crippen MR) is 397 cm³/mol. The molecular formula is C90H54N8. The lowest BCUT2D eigenvalue weighted by molar-refractivity contribution is 1.07. The van der Waals surface area contributed by atoms with Gasteiger partial charge in [0.25, 0.3) is 0 Å². The van der Waals surface area contributed by atoms with Crippen molar-refractivity contribution in [3.63, 3.8) is 0 Å². The smallest absolute Gasteiger partial charge is 0.164 e.